The molecular weight excluding hydrogens is 200 g/mol. The van der Waals surface area contributed by atoms with Gasteiger partial charge in [0.25, 0.3) is 0 Å². The lowest BCUT2D eigenvalue weighted by Gasteiger charge is -1.95. The monoisotopic (exact) mass is 212 g/mol. The number of benzene rings is 1. The number of aliphatic imine (C=N–C) groups is 1. The second-order valence-electron chi connectivity index (χ2n) is 3.72. The molecule has 0 spiro atoms. The highest BCUT2D eigenvalue weighted by Crippen LogP contribution is 2.22. The van der Waals surface area contributed by atoms with Gasteiger partial charge in [-0.05, 0) is 6.07 Å². The highest BCUT2D eigenvalue weighted by molar-refractivity contribution is 6.00. The first-order chi connectivity index (χ1) is 7.93. The molecule has 0 saturated heterocycles. The molecule has 3 nitrogen and oxygen atoms in total. The molecule has 0 unspecified atom stereocenters. The van der Waals surface area contributed by atoms with Gasteiger partial charge >= 0.3 is 0 Å². The Labute approximate surface area is 93.8 Å². The zero-order chi connectivity index (χ0) is 10.8. The van der Waals surface area contributed by atoms with Gasteiger partial charge in [-0.2, -0.15) is 0 Å². The summed E-state index contributed by atoms with van der Waals surface area (Å²) in [6.07, 6.45) is 1.75. The summed E-state index contributed by atoms with van der Waals surface area (Å²) in [6, 6.07) is 12.1. The maximum atomic E-state index is 5.54. The third-order valence-electron chi connectivity index (χ3n) is 2.61. The van der Waals surface area contributed by atoms with Crippen LogP contribution in [0.5, 0.6) is 0 Å². The fourth-order valence-electron chi connectivity index (χ4n) is 1.81. The van der Waals surface area contributed by atoms with Crippen LogP contribution in [-0.4, -0.2) is 18.9 Å². The first kappa shape index (κ1) is 9.21. The molecule has 0 atom stereocenters. The maximum Gasteiger partial charge on any atom is 0.134 e. The van der Waals surface area contributed by atoms with Gasteiger partial charge < -0.3 is 9.73 Å². The zero-order valence-corrected chi connectivity index (χ0v) is 8.81. The van der Waals surface area contributed by atoms with Crippen molar-refractivity contribution in [3.05, 3.63) is 48.2 Å². The minimum atomic E-state index is 0.848. The largest absolute Gasteiger partial charge is 0.464 e. The molecule has 0 bridgehead atoms. The van der Waals surface area contributed by atoms with E-state index in [1.165, 1.54) is 0 Å². The quantitative estimate of drug-likeness (QED) is 0.829. The molecule has 0 amide bonds. The molecule has 2 aromatic rings. The lowest BCUT2D eigenvalue weighted by molar-refractivity contribution is 0.581. The predicted octanol–water partition coefficient (Wildman–Crippen LogP) is 2.30. The fourth-order valence-corrected chi connectivity index (χ4v) is 1.81. The van der Waals surface area contributed by atoms with Crippen LogP contribution in [0.4, 0.5) is 0 Å². The Morgan fingerprint density at radius 2 is 2.00 bits per heavy atom. The van der Waals surface area contributed by atoms with Crippen LogP contribution in [0.15, 0.2) is 52.1 Å². The van der Waals surface area contributed by atoms with Crippen molar-refractivity contribution < 1.29 is 4.42 Å². The van der Waals surface area contributed by atoms with Gasteiger partial charge in [-0.1, -0.05) is 30.3 Å². The van der Waals surface area contributed by atoms with Crippen molar-refractivity contribution in [3.8, 4) is 11.3 Å². The second-order valence-corrected chi connectivity index (χ2v) is 3.72. The van der Waals surface area contributed by atoms with Crippen molar-refractivity contribution in [2.45, 2.75) is 0 Å². The van der Waals surface area contributed by atoms with Gasteiger partial charge in [-0.3, -0.25) is 4.99 Å². The molecule has 2 heterocycles. The Morgan fingerprint density at radius 1 is 1.12 bits per heavy atom. The Balaban J connectivity index is 1.94. The number of amidine groups is 1. The van der Waals surface area contributed by atoms with Gasteiger partial charge in [-0.25, -0.2) is 0 Å². The minimum absolute atomic E-state index is 0.848. The average Bonchev–Trinajstić information content (AvgIpc) is 3.01. The number of hydrogen-bond donors (Lipinski definition) is 1. The highest BCUT2D eigenvalue weighted by Gasteiger charge is 2.11. The molecule has 1 aromatic heterocycles. The smallest absolute Gasteiger partial charge is 0.134 e. The summed E-state index contributed by atoms with van der Waals surface area (Å²) in [6.45, 7) is 1.77. The number of nitrogens with one attached hydrogen (secondary N) is 1. The summed E-state index contributed by atoms with van der Waals surface area (Å²) in [5.74, 6) is 1.82. The van der Waals surface area contributed by atoms with E-state index >= 15 is 0 Å². The topological polar surface area (TPSA) is 37.5 Å². The van der Waals surface area contributed by atoms with E-state index < -0.39 is 0 Å². The van der Waals surface area contributed by atoms with E-state index in [1.807, 2.05) is 36.4 Å². The van der Waals surface area contributed by atoms with Crippen molar-refractivity contribution >= 4 is 5.84 Å². The molecule has 0 aliphatic carbocycles. The summed E-state index contributed by atoms with van der Waals surface area (Å²) in [4.78, 5) is 4.36. The van der Waals surface area contributed by atoms with Gasteiger partial charge in [0.1, 0.15) is 17.9 Å². The van der Waals surface area contributed by atoms with E-state index in [9.17, 15) is 0 Å². The Hall–Kier alpha value is -2.03. The standard InChI is InChI=1S/C13H12N2O/c1-2-4-10(5-3-1)12-8-11(9-16-12)13-14-6-7-15-13/h1-5,8-9H,6-7H2,(H,14,15). The van der Waals surface area contributed by atoms with Crippen LogP contribution < -0.4 is 5.32 Å². The fraction of sp³-hybridized carbons (Fsp3) is 0.154. The van der Waals surface area contributed by atoms with Crippen molar-refractivity contribution in [2.24, 2.45) is 4.99 Å². The predicted molar refractivity (Wildman–Crippen MR) is 63.6 cm³/mol. The van der Waals surface area contributed by atoms with Crippen molar-refractivity contribution in [1.82, 2.24) is 5.32 Å². The van der Waals surface area contributed by atoms with E-state index in [0.29, 0.717) is 0 Å². The van der Waals surface area contributed by atoms with Crippen LogP contribution in [0.1, 0.15) is 5.56 Å². The minimum Gasteiger partial charge on any atom is -0.464 e. The number of furan rings is 1. The van der Waals surface area contributed by atoms with Crippen LogP contribution in [0, 0.1) is 0 Å². The Morgan fingerprint density at radius 3 is 2.75 bits per heavy atom. The molecule has 1 aliphatic rings. The van der Waals surface area contributed by atoms with Crippen LogP contribution in [0.2, 0.25) is 0 Å². The first-order valence-corrected chi connectivity index (χ1v) is 5.36. The van der Waals surface area contributed by atoms with Gasteiger partial charge in [0, 0.05) is 12.1 Å². The SMILES string of the molecule is c1ccc(-c2cc(C3=NCCN3)co2)cc1. The lowest BCUT2D eigenvalue weighted by Crippen LogP contribution is -2.18. The molecule has 1 aromatic carbocycles. The summed E-state index contributed by atoms with van der Waals surface area (Å²) in [7, 11) is 0. The molecule has 1 N–H and O–H groups in total. The van der Waals surface area contributed by atoms with Crippen LogP contribution in [0.25, 0.3) is 11.3 Å². The number of rotatable bonds is 2. The third kappa shape index (κ3) is 1.60. The molecule has 0 radical (unpaired) electrons. The maximum absolute atomic E-state index is 5.54. The van der Waals surface area contributed by atoms with Crippen LogP contribution >= 0.6 is 0 Å². The van der Waals surface area contributed by atoms with Crippen molar-refractivity contribution in [2.75, 3.05) is 13.1 Å². The third-order valence-corrected chi connectivity index (χ3v) is 2.61. The number of nitrogens with zero attached hydrogens (tertiary/aromatic N) is 1. The average molecular weight is 212 g/mol. The molecule has 1 aliphatic heterocycles. The van der Waals surface area contributed by atoms with E-state index in [-0.39, 0.29) is 0 Å². The van der Waals surface area contributed by atoms with Gasteiger partial charge in [0.05, 0.1) is 12.1 Å². The summed E-state index contributed by atoms with van der Waals surface area (Å²) in [5.41, 5.74) is 2.11. The van der Waals surface area contributed by atoms with E-state index in [1.54, 1.807) is 6.26 Å². The molecule has 3 rings (SSSR count). The van der Waals surface area contributed by atoms with Gasteiger partial charge in [-0.15, -0.1) is 0 Å². The summed E-state index contributed by atoms with van der Waals surface area (Å²) < 4.78 is 5.54. The van der Waals surface area contributed by atoms with E-state index in [2.05, 4.69) is 10.3 Å². The Bertz CT molecular complexity index is 514. The summed E-state index contributed by atoms with van der Waals surface area (Å²) >= 11 is 0. The number of hydrogen-bond acceptors (Lipinski definition) is 3. The first-order valence-electron chi connectivity index (χ1n) is 5.36. The normalized spacial score (nSPS) is 14.6. The Kier molecular flexibility index (Phi) is 2.22. The van der Waals surface area contributed by atoms with Crippen molar-refractivity contribution in [1.29, 1.82) is 0 Å². The van der Waals surface area contributed by atoms with Gasteiger partial charge in [0.2, 0.25) is 0 Å². The zero-order valence-electron chi connectivity index (χ0n) is 8.81. The second kappa shape index (κ2) is 3.85. The molecule has 3 heteroatoms. The molecule has 80 valence electrons. The van der Waals surface area contributed by atoms with E-state index in [4.69, 9.17) is 4.42 Å². The molecular formula is C13H12N2O. The van der Waals surface area contributed by atoms with E-state index in [0.717, 1.165) is 35.8 Å². The van der Waals surface area contributed by atoms with Gasteiger partial charge in [0.15, 0.2) is 0 Å². The van der Waals surface area contributed by atoms with Crippen molar-refractivity contribution in [3.63, 3.8) is 0 Å². The summed E-state index contributed by atoms with van der Waals surface area (Å²) in [5, 5.41) is 3.23. The molecule has 0 saturated carbocycles. The highest BCUT2D eigenvalue weighted by atomic mass is 16.3. The molecule has 16 heavy (non-hydrogen) atoms. The molecule has 0 fully saturated rings. The van der Waals surface area contributed by atoms with Crippen LogP contribution in [0.3, 0.4) is 0 Å². The lowest BCUT2D eigenvalue weighted by atomic mass is 10.1. The van der Waals surface area contributed by atoms with Crippen LogP contribution in [-0.2, 0) is 0 Å².